The molecule has 20 heavy (non-hydrogen) atoms. The Bertz CT molecular complexity index is 642. The minimum Gasteiger partial charge on any atom is -0.323 e. The molecule has 1 aromatic heterocycles. The van der Waals surface area contributed by atoms with Crippen molar-refractivity contribution in [3.05, 3.63) is 35.5 Å². The van der Waals surface area contributed by atoms with Gasteiger partial charge in [0.2, 0.25) is 0 Å². The zero-order valence-corrected chi connectivity index (χ0v) is 11.7. The van der Waals surface area contributed by atoms with E-state index in [1.165, 1.54) is 11.5 Å². The predicted molar refractivity (Wildman–Crippen MR) is 77.2 cm³/mol. The molecule has 8 heteroatoms. The summed E-state index contributed by atoms with van der Waals surface area (Å²) in [5.41, 5.74) is 5.24. The third kappa shape index (κ3) is 2.08. The Balaban J connectivity index is 1.97. The Hall–Kier alpha value is -2.19. The molecule has 1 aliphatic rings. The summed E-state index contributed by atoms with van der Waals surface area (Å²) in [6, 6.07) is 7.80. The number of urea groups is 1. The molecule has 0 bridgehead atoms. The largest absolute Gasteiger partial charge is 0.324 e. The summed E-state index contributed by atoms with van der Waals surface area (Å²) in [5.74, 6) is 5.42. The maximum absolute atomic E-state index is 12.4. The number of nitrogens with two attached hydrogens (primary N) is 1. The lowest BCUT2D eigenvalue weighted by Crippen LogP contribution is -2.44. The first-order valence-corrected chi connectivity index (χ1v) is 6.86. The highest BCUT2D eigenvalue weighted by Gasteiger charge is 2.29. The Labute approximate surface area is 120 Å². The van der Waals surface area contributed by atoms with Gasteiger partial charge in [-0.25, -0.2) is 10.6 Å². The average Bonchev–Trinajstić information content (AvgIpc) is 2.91. The molecule has 0 spiro atoms. The maximum atomic E-state index is 12.4. The number of nitrogen functional groups attached to an aromatic ring is 1. The Morgan fingerprint density at radius 1 is 1.45 bits per heavy atom. The molecule has 3 rings (SSSR count). The van der Waals surface area contributed by atoms with Gasteiger partial charge in [0, 0.05) is 25.1 Å². The van der Waals surface area contributed by atoms with Gasteiger partial charge >= 0.3 is 6.03 Å². The fourth-order valence-corrected chi connectivity index (χ4v) is 2.75. The van der Waals surface area contributed by atoms with Crippen LogP contribution in [0.4, 0.5) is 15.5 Å². The molecule has 0 atom stereocenters. The van der Waals surface area contributed by atoms with Crippen LogP contribution in [0.2, 0.25) is 0 Å². The number of benzene rings is 1. The summed E-state index contributed by atoms with van der Waals surface area (Å²) in [6.07, 6.45) is 0. The third-order valence-electron chi connectivity index (χ3n) is 3.24. The molecule has 0 radical (unpaired) electrons. The maximum Gasteiger partial charge on any atom is 0.324 e. The van der Waals surface area contributed by atoms with E-state index in [0.29, 0.717) is 23.8 Å². The van der Waals surface area contributed by atoms with Gasteiger partial charge in [-0.05, 0) is 11.6 Å². The molecule has 1 aromatic carbocycles. The van der Waals surface area contributed by atoms with Gasteiger partial charge in [-0.2, -0.15) is 0 Å². The lowest BCUT2D eigenvalue weighted by atomic mass is 10.1. The van der Waals surface area contributed by atoms with Crippen molar-refractivity contribution in [2.45, 2.75) is 13.1 Å². The van der Waals surface area contributed by atoms with Crippen LogP contribution in [0.5, 0.6) is 0 Å². The molecule has 7 nitrogen and oxygen atoms in total. The van der Waals surface area contributed by atoms with Gasteiger partial charge in [0.05, 0.1) is 12.2 Å². The van der Waals surface area contributed by atoms with Crippen LogP contribution in [0.3, 0.4) is 0 Å². The van der Waals surface area contributed by atoms with Gasteiger partial charge in [0.25, 0.3) is 0 Å². The molecule has 0 fully saturated rings. The van der Waals surface area contributed by atoms with Crippen LogP contribution in [0.15, 0.2) is 24.3 Å². The highest BCUT2D eigenvalue weighted by atomic mass is 32.1. The summed E-state index contributed by atoms with van der Waals surface area (Å²) in [7, 11) is 1.78. The number of para-hydroxylation sites is 1. The van der Waals surface area contributed by atoms with Crippen molar-refractivity contribution in [2.75, 3.05) is 17.4 Å². The van der Waals surface area contributed by atoms with E-state index in [1.807, 2.05) is 24.3 Å². The molecule has 2 heterocycles. The molecule has 0 saturated heterocycles. The molecule has 0 saturated carbocycles. The molecular weight excluding hydrogens is 276 g/mol. The number of rotatable bonds is 3. The van der Waals surface area contributed by atoms with Crippen LogP contribution in [-0.4, -0.2) is 27.6 Å². The monoisotopic (exact) mass is 290 g/mol. The number of amides is 2. The van der Waals surface area contributed by atoms with Gasteiger partial charge in [-0.3, -0.25) is 4.90 Å². The Kier molecular flexibility index (Phi) is 3.25. The lowest BCUT2D eigenvalue weighted by molar-refractivity contribution is 0.210. The number of hydrogen-bond acceptors (Lipinski definition) is 6. The van der Waals surface area contributed by atoms with E-state index in [4.69, 9.17) is 5.84 Å². The van der Waals surface area contributed by atoms with Crippen LogP contribution >= 0.6 is 11.5 Å². The third-order valence-corrected chi connectivity index (χ3v) is 3.94. The Morgan fingerprint density at radius 2 is 2.25 bits per heavy atom. The summed E-state index contributed by atoms with van der Waals surface area (Å²) in [4.78, 5) is 15.7. The quantitative estimate of drug-likeness (QED) is 0.659. The van der Waals surface area contributed by atoms with Crippen molar-refractivity contribution < 1.29 is 4.79 Å². The second-order valence-corrected chi connectivity index (χ2v) is 5.30. The van der Waals surface area contributed by atoms with Crippen LogP contribution in [0.1, 0.15) is 11.3 Å². The second-order valence-electron chi connectivity index (χ2n) is 4.55. The summed E-state index contributed by atoms with van der Waals surface area (Å²) < 4.78 is 3.86. The molecular formula is C12H14N6OS. The van der Waals surface area contributed by atoms with Crippen LogP contribution in [0.25, 0.3) is 0 Å². The van der Waals surface area contributed by atoms with Crippen molar-refractivity contribution >= 4 is 28.3 Å². The average molecular weight is 290 g/mol. The Morgan fingerprint density at radius 3 is 3.05 bits per heavy atom. The second kappa shape index (κ2) is 5.06. The predicted octanol–water partition coefficient (Wildman–Crippen LogP) is 1.40. The first-order chi connectivity index (χ1) is 9.70. The highest BCUT2D eigenvalue weighted by Crippen LogP contribution is 2.30. The molecule has 1 aliphatic heterocycles. The fourth-order valence-electron chi connectivity index (χ4n) is 2.26. The van der Waals surface area contributed by atoms with Gasteiger partial charge < -0.3 is 10.3 Å². The zero-order chi connectivity index (χ0) is 14.1. The van der Waals surface area contributed by atoms with E-state index in [9.17, 15) is 4.79 Å². The number of carbonyl (C=O) groups excluding carboxylic acids is 1. The standard InChI is InChI=1S/C12H14N6OS/c1-17-6-8-4-2-3-5-10(8)18(12(17)19)7-9-11(14-13)20-16-15-9/h2-5,14H,6-7,13H2,1H3. The molecule has 104 valence electrons. The van der Waals surface area contributed by atoms with Crippen molar-refractivity contribution in [3.8, 4) is 0 Å². The van der Waals surface area contributed by atoms with E-state index < -0.39 is 0 Å². The number of hydrazine groups is 1. The number of hydrogen-bond donors (Lipinski definition) is 2. The topological polar surface area (TPSA) is 87.4 Å². The van der Waals surface area contributed by atoms with E-state index in [-0.39, 0.29) is 6.03 Å². The van der Waals surface area contributed by atoms with E-state index in [2.05, 4.69) is 15.0 Å². The van der Waals surface area contributed by atoms with Gasteiger partial charge in [0.15, 0.2) is 0 Å². The molecule has 0 aliphatic carbocycles. The number of anilines is 2. The van der Waals surface area contributed by atoms with Crippen molar-refractivity contribution in [1.29, 1.82) is 0 Å². The van der Waals surface area contributed by atoms with Crippen molar-refractivity contribution in [2.24, 2.45) is 5.84 Å². The molecule has 2 aromatic rings. The summed E-state index contributed by atoms with van der Waals surface area (Å²) >= 11 is 1.17. The smallest absolute Gasteiger partial charge is 0.323 e. The van der Waals surface area contributed by atoms with Crippen molar-refractivity contribution in [3.63, 3.8) is 0 Å². The summed E-state index contributed by atoms with van der Waals surface area (Å²) in [6.45, 7) is 0.957. The van der Waals surface area contributed by atoms with Crippen LogP contribution < -0.4 is 16.2 Å². The van der Waals surface area contributed by atoms with Gasteiger partial charge in [0.1, 0.15) is 10.7 Å². The number of nitrogens with zero attached hydrogens (tertiary/aromatic N) is 4. The zero-order valence-electron chi connectivity index (χ0n) is 10.9. The van der Waals surface area contributed by atoms with E-state index in [0.717, 1.165) is 11.3 Å². The van der Waals surface area contributed by atoms with Gasteiger partial charge in [-0.1, -0.05) is 22.7 Å². The minimum absolute atomic E-state index is 0.0559. The van der Waals surface area contributed by atoms with E-state index in [1.54, 1.807) is 16.8 Å². The lowest BCUT2D eigenvalue weighted by Gasteiger charge is -2.34. The molecule has 2 amide bonds. The normalized spacial score (nSPS) is 14.4. The fraction of sp³-hybridized carbons (Fsp3) is 0.250. The first-order valence-electron chi connectivity index (χ1n) is 6.09. The number of fused-ring (bicyclic) bond motifs is 1. The first kappa shape index (κ1) is 12.8. The summed E-state index contributed by atoms with van der Waals surface area (Å²) in [5, 5.41) is 4.70. The highest BCUT2D eigenvalue weighted by molar-refractivity contribution is 7.10. The SMILES string of the molecule is CN1Cc2ccccc2N(Cc2nnsc2NN)C1=O. The minimum atomic E-state index is -0.0559. The number of aromatic nitrogens is 2. The van der Waals surface area contributed by atoms with Gasteiger partial charge in [-0.15, -0.1) is 5.10 Å². The van der Waals surface area contributed by atoms with E-state index >= 15 is 0 Å². The van der Waals surface area contributed by atoms with Crippen molar-refractivity contribution in [1.82, 2.24) is 14.5 Å². The number of nitrogens with one attached hydrogen (secondary N) is 1. The molecule has 3 N–H and O–H groups in total. The van der Waals surface area contributed by atoms with Crippen LogP contribution in [-0.2, 0) is 13.1 Å². The van der Waals surface area contributed by atoms with Crippen LogP contribution in [0, 0.1) is 0 Å². The number of carbonyl (C=O) groups is 1. The molecule has 0 unspecified atom stereocenters.